The number of aryl methyl sites for hydroxylation is 2. The van der Waals surface area contributed by atoms with E-state index in [1.807, 2.05) is 32.0 Å². The van der Waals surface area contributed by atoms with E-state index in [1.54, 1.807) is 0 Å². The zero-order chi connectivity index (χ0) is 16.4. The van der Waals surface area contributed by atoms with Crippen molar-refractivity contribution in [1.29, 1.82) is 0 Å². The van der Waals surface area contributed by atoms with E-state index < -0.39 is 0 Å². The number of nitrogens with two attached hydrogens (primary N) is 1. The maximum absolute atomic E-state index is 12.1. The van der Waals surface area contributed by atoms with Gasteiger partial charge in [0.25, 0.3) is 0 Å². The number of carbonyl (C=O) groups is 1. The van der Waals surface area contributed by atoms with E-state index in [1.165, 1.54) is 23.7 Å². The summed E-state index contributed by atoms with van der Waals surface area (Å²) in [6.07, 6.45) is 1.53. The van der Waals surface area contributed by atoms with E-state index in [0.717, 1.165) is 11.3 Å². The Hall–Kier alpha value is -2.61. The average Bonchev–Trinajstić information content (AvgIpc) is 2.97. The number of fused-ring (bicyclic) bond motifs is 1. The van der Waals surface area contributed by atoms with Gasteiger partial charge in [-0.15, -0.1) is 0 Å². The second-order valence-corrected chi connectivity index (χ2v) is 6.09. The highest BCUT2D eigenvalue weighted by Crippen LogP contribution is 2.24. The molecule has 0 aliphatic rings. The van der Waals surface area contributed by atoms with Gasteiger partial charge in [0.05, 0.1) is 12.1 Å². The summed E-state index contributed by atoms with van der Waals surface area (Å²) in [6, 6.07) is 5.83. The van der Waals surface area contributed by atoms with E-state index in [9.17, 15) is 4.79 Å². The minimum atomic E-state index is -0.108. The first kappa shape index (κ1) is 15.3. The van der Waals surface area contributed by atoms with Crippen LogP contribution in [0.25, 0.3) is 11.2 Å². The summed E-state index contributed by atoms with van der Waals surface area (Å²) in [5.74, 6) is 0.252. The number of nitrogen functional groups attached to an aromatic ring is 1. The number of H-pyrrole nitrogens is 1. The normalized spacial score (nSPS) is 10.9. The number of carbonyl (C=O) groups excluding carboxylic acids is 1. The summed E-state index contributed by atoms with van der Waals surface area (Å²) in [5, 5.41) is 3.49. The lowest BCUT2D eigenvalue weighted by molar-refractivity contribution is -0.113. The first-order valence-electron chi connectivity index (χ1n) is 6.99. The van der Waals surface area contributed by atoms with E-state index in [2.05, 4.69) is 25.3 Å². The quantitative estimate of drug-likeness (QED) is 0.501. The summed E-state index contributed by atoms with van der Waals surface area (Å²) < 4.78 is 0. The molecule has 0 aliphatic carbocycles. The highest BCUT2D eigenvalue weighted by Gasteiger charge is 2.11. The molecule has 0 saturated carbocycles. The van der Waals surface area contributed by atoms with Gasteiger partial charge in [0.1, 0.15) is 10.5 Å². The molecule has 8 heteroatoms. The van der Waals surface area contributed by atoms with Crippen molar-refractivity contribution in [2.24, 2.45) is 0 Å². The minimum Gasteiger partial charge on any atom is -0.368 e. The van der Waals surface area contributed by atoms with Crippen LogP contribution >= 0.6 is 11.8 Å². The minimum absolute atomic E-state index is 0.108. The molecule has 0 aliphatic heterocycles. The predicted molar refractivity (Wildman–Crippen MR) is 91.4 cm³/mol. The topological polar surface area (TPSA) is 110 Å². The van der Waals surface area contributed by atoms with Crippen LogP contribution in [-0.2, 0) is 4.79 Å². The fourth-order valence-electron chi connectivity index (χ4n) is 2.08. The van der Waals surface area contributed by atoms with Crippen LogP contribution in [0.1, 0.15) is 11.1 Å². The second-order valence-electron chi connectivity index (χ2n) is 5.12. The molecule has 4 N–H and O–H groups in total. The molecular formula is C15H16N6OS. The van der Waals surface area contributed by atoms with Crippen LogP contribution in [-0.4, -0.2) is 31.6 Å². The Balaban J connectivity index is 1.68. The lowest BCUT2D eigenvalue weighted by Crippen LogP contribution is -2.14. The van der Waals surface area contributed by atoms with E-state index >= 15 is 0 Å². The Morgan fingerprint density at radius 1 is 1.30 bits per heavy atom. The Morgan fingerprint density at radius 3 is 2.91 bits per heavy atom. The van der Waals surface area contributed by atoms with Gasteiger partial charge in [-0.05, 0) is 37.1 Å². The van der Waals surface area contributed by atoms with Crippen molar-refractivity contribution < 1.29 is 4.79 Å². The number of aromatic amines is 1. The van der Waals surface area contributed by atoms with Gasteiger partial charge in [-0.25, -0.2) is 9.97 Å². The summed E-state index contributed by atoms with van der Waals surface area (Å²) in [5.41, 5.74) is 9.95. The monoisotopic (exact) mass is 328 g/mol. The molecule has 0 spiro atoms. The molecule has 3 rings (SSSR count). The van der Waals surface area contributed by atoms with Gasteiger partial charge < -0.3 is 16.0 Å². The number of thioether (sulfide) groups is 1. The van der Waals surface area contributed by atoms with Crippen LogP contribution in [0.5, 0.6) is 0 Å². The summed E-state index contributed by atoms with van der Waals surface area (Å²) in [4.78, 5) is 27.3. The Morgan fingerprint density at radius 2 is 2.13 bits per heavy atom. The zero-order valence-corrected chi connectivity index (χ0v) is 13.6. The number of imidazole rings is 1. The van der Waals surface area contributed by atoms with Crippen molar-refractivity contribution in [2.45, 2.75) is 18.9 Å². The van der Waals surface area contributed by atoms with Crippen molar-refractivity contribution in [3.8, 4) is 0 Å². The third-order valence-electron chi connectivity index (χ3n) is 3.40. The highest BCUT2D eigenvalue weighted by molar-refractivity contribution is 8.00. The molecule has 2 aromatic heterocycles. The molecule has 23 heavy (non-hydrogen) atoms. The number of nitrogens with zero attached hydrogens (tertiary/aromatic N) is 3. The SMILES string of the molecule is Cc1ccc(NC(=O)CSc2nc(N)nc3nc[nH]c23)cc1C. The number of nitrogens with one attached hydrogen (secondary N) is 2. The van der Waals surface area contributed by atoms with Gasteiger partial charge in [-0.3, -0.25) is 4.79 Å². The van der Waals surface area contributed by atoms with E-state index in [4.69, 9.17) is 5.73 Å². The van der Waals surface area contributed by atoms with Gasteiger partial charge in [-0.1, -0.05) is 17.8 Å². The second kappa shape index (κ2) is 6.25. The number of hydrogen-bond acceptors (Lipinski definition) is 6. The van der Waals surface area contributed by atoms with Crippen LogP contribution in [0.15, 0.2) is 29.6 Å². The number of hydrogen-bond donors (Lipinski definition) is 3. The molecule has 0 fully saturated rings. The van der Waals surface area contributed by atoms with Crippen LogP contribution < -0.4 is 11.1 Å². The number of benzene rings is 1. The van der Waals surface area contributed by atoms with Crippen molar-refractivity contribution in [1.82, 2.24) is 19.9 Å². The third kappa shape index (κ3) is 3.42. The lowest BCUT2D eigenvalue weighted by atomic mass is 10.1. The first-order chi connectivity index (χ1) is 11.0. The van der Waals surface area contributed by atoms with Crippen LogP contribution in [0.2, 0.25) is 0 Å². The third-order valence-corrected chi connectivity index (χ3v) is 4.38. The molecule has 0 unspecified atom stereocenters. The van der Waals surface area contributed by atoms with Gasteiger partial charge in [0.15, 0.2) is 5.65 Å². The fourth-order valence-corrected chi connectivity index (χ4v) is 2.87. The van der Waals surface area contributed by atoms with Crippen molar-refractivity contribution in [2.75, 3.05) is 16.8 Å². The molecule has 1 amide bonds. The molecule has 0 atom stereocenters. The zero-order valence-electron chi connectivity index (χ0n) is 12.8. The molecule has 7 nitrogen and oxygen atoms in total. The summed E-state index contributed by atoms with van der Waals surface area (Å²) in [6.45, 7) is 4.05. The van der Waals surface area contributed by atoms with Gasteiger partial charge >= 0.3 is 0 Å². The number of rotatable bonds is 4. The average molecular weight is 328 g/mol. The van der Waals surface area contributed by atoms with Gasteiger partial charge in [-0.2, -0.15) is 4.98 Å². The van der Waals surface area contributed by atoms with Crippen LogP contribution in [0, 0.1) is 13.8 Å². The number of aromatic nitrogens is 4. The maximum Gasteiger partial charge on any atom is 0.234 e. The molecule has 3 aromatic rings. The van der Waals surface area contributed by atoms with Crippen molar-refractivity contribution in [3.05, 3.63) is 35.7 Å². The Bertz CT molecular complexity index is 876. The highest BCUT2D eigenvalue weighted by atomic mass is 32.2. The lowest BCUT2D eigenvalue weighted by Gasteiger charge is -2.07. The van der Waals surface area contributed by atoms with Gasteiger partial charge in [0, 0.05) is 5.69 Å². The maximum atomic E-state index is 12.1. The smallest absolute Gasteiger partial charge is 0.234 e. The fraction of sp³-hybridized carbons (Fsp3) is 0.200. The Kier molecular flexibility index (Phi) is 4.16. The number of anilines is 2. The van der Waals surface area contributed by atoms with E-state index in [-0.39, 0.29) is 17.6 Å². The largest absolute Gasteiger partial charge is 0.368 e. The van der Waals surface area contributed by atoms with Crippen molar-refractivity contribution >= 4 is 40.5 Å². The van der Waals surface area contributed by atoms with Crippen LogP contribution in [0.4, 0.5) is 11.6 Å². The molecule has 0 radical (unpaired) electrons. The molecule has 1 aromatic carbocycles. The predicted octanol–water partition coefficient (Wildman–Crippen LogP) is 2.28. The molecule has 118 valence electrons. The Labute approximate surface area is 137 Å². The first-order valence-corrected chi connectivity index (χ1v) is 7.98. The molecule has 0 saturated heterocycles. The van der Waals surface area contributed by atoms with Crippen LogP contribution in [0.3, 0.4) is 0 Å². The molecule has 0 bridgehead atoms. The van der Waals surface area contributed by atoms with E-state index in [0.29, 0.717) is 16.2 Å². The van der Waals surface area contributed by atoms with Crippen molar-refractivity contribution in [3.63, 3.8) is 0 Å². The molecule has 2 heterocycles. The standard InChI is InChI=1S/C15H16N6OS/c1-8-3-4-10(5-9(8)2)19-11(22)6-23-14-12-13(18-7-17-12)20-15(16)21-14/h3-5,7H,6H2,1-2H3,(H,19,22)(H3,16,17,18,20,21). The van der Waals surface area contributed by atoms with Gasteiger partial charge in [0.2, 0.25) is 11.9 Å². The number of amides is 1. The summed E-state index contributed by atoms with van der Waals surface area (Å²) >= 11 is 1.29. The summed E-state index contributed by atoms with van der Waals surface area (Å²) in [7, 11) is 0. The molecular weight excluding hydrogens is 312 g/mol.